The molecule has 1 aliphatic heterocycles. The van der Waals surface area contributed by atoms with Gasteiger partial charge in [-0.2, -0.15) is 0 Å². The molecule has 1 aromatic carbocycles. The second kappa shape index (κ2) is 8.05. The number of morpholine rings is 1. The number of carbonyl (C=O) groups is 2. The highest BCUT2D eigenvalue weighted by Crippen LogP contribution is 2.33. The molecule has 6 heteroatoms. The maximum atomic E-state index is 13.0. The molecule has 2 fully saturated rings. The molecule has 1 unspecified atom stereocenters. The summed E-state index contributed by atoms with van der Waals surface area (Å²) in [4.78, 5) is 28.6. The molecular formula is C22H26N2O3S. The lowest BCUT2D eigenvalue weighted by molar-refractivity contribution is -0.166. The summed E-state index contributed by atoms with van der Waals surface area (Å²) < 4.78 is 6.06. The third-order valence-corrected chi connectivity index (χ3v) is 6.34. The highest BCUT2D eigenvalue weighted by Gasteiger charge is 2.46. The summed E-state index contributed by atoms with van der Waals surface area (Å²) in [5.74, 6) is 0.186. The lowest BCUT2D eigenvalue weighted by Gasteiger charge is -2.41. The van der Waals surface area contributed by atoms with Gasteiger partial charge in [-0.1, -0.05) is 30.3 Å². The molecule has 0 spiro atoms. The van der Waals surface area contributed by atoms with Crippen molar-refractivity contribution in [2.45, 2.75) is 31.8 Å². The van der Waals surface area contributed by atoms with E-state index in [1.807, 2.05) is 17.9 Å². The quantitative estimate of drug-likeness (QED) is 0.813. The number of ether oxygens (including phenoxy) is 1. The van der Waals surface area contributed by atoms with Gasteiger partial charge in [0.2, 0.25) is 5.91 Å². The van der Waals surface area contributed by atoms with E-state index in [2.05, 4.69) is 41.0 Å². The van der Waals surface area contributed by atoms with Crippen molar-refractivity contribution in [2.75, 3.05) is 26.2 Å². The van der Waals surface area contributed by atoms with E-state index < -0.39 is 5.60 Å². The number of amides is 2. The zero-order valence-electron chi connectivity index (χ0n) is 16.1. The average molecular weight is 399 g/mol. The van der Waals surface area contributed by atoms with E-state index in [4.69, 9.17) is 4.74 Å². The van der Waals surface area contributed by atoms with E-state index >= 15 is 0 Å². The molecule has 2 aromatic rings. The minimum atomic E-state index is -1.02. The van der Waals surface area contributed by atoms with Crippen LogP contribution in [-0.2, 0) is 20.7 Å². The molecule has 2 aliphatic rings. The van der Waals surface area contributed by atoms with Gasteiger partial charge in [-0.05, 0) is 42.3 Å². The number of hydrogen-bond donors (Lipinski definition) is 1. The smallest absolute Gasteiger partial charge is 0.254 e. The molecule has 1 aliphatic carbocycles. The second-order valence-corrected chi connectivity index (χ2v) is 8.53. The highest BCUT2D eigenvalue weighted by atomic mass is 32.1. The first-order chi connectivity index (χ1) is 13.6. The monoisotopic (exact) mass is 398 g/mol. The van der Waals surface area contributed by atoms with Crippen LogP contribution in [0.5, 0.6) is 0 Å². The zero-order valence-corrected chi connectivity index (χ0v) is 17.0. The van der Waals surface area contributed by atoms with Crippen LogP contribution in [0.25, 0.3) is 10.4 Å². The molecular weight excluding hydrogens is 372 g/mol. The molecule has 2 amide bonds. The van der Waals surface area contributed by atoms with E-state index in [1.165, 1.54) is 10.4 Å². The van der Waals surface area contributed by atoms with Crippen molar-refractivity contribution < 1.29 is 14.3 Å². The normalized spacial score (nSPS) is 22.1. The molecule has 1 N–H and O–H groups in total. The largest absolute Gasteiger partial charge is 0.361 e. The topological polar surface area (TPSA) is 58.6 Å². The van der Waals surface area contributed by atoms with Gasteiger partial charge in [0, 0.05) is 30.3 Å². The fraction of sp³-hybridized carbons (Fsp3) is 0.455. The van der Waals surface area contributed by atoms with Gasteiger partial charge in [-0.25, -0.2) is 0 Å². The van der Waals surface area contributed by atoms with Crippen LogP contribution in [-0.4, -0.2) is 48.6 Å². The van der Waals surface area contributed by atoms with Crippen LogP contribution in [0, 0.1) is 5.92 Å². The Labute approximate surface area is 169 Å². The summed E-state index contributed by atoms with van der Waals surface area (Å²) in [6.45, 7) is 3.71. The third-order valence-electron chi connectivity index (χ3n) is 5.42. The molecule has 28 heavy (non-hydrogen) atoms. The Hall–Kier alpha value is -2.18. The van der Waals surface area contributed by atoms with Crippen molar-refractivity contribution in [2.24, 2.45) is 5.92 Å². The van der Waals surface area contributed by atoms with Crippen LogP contribution in [0.3, 0.4) is 0 Å². The molecule has 5 nitrogen and oxygen atoms in total. The van der Waals surface area contributed by atoms with Gasteiger partial charge in [0.25, 0.3) is 5.91 Å². The van der Waals surface area contributed by atoms with Gasteiger partial charge in [0.1, 0.15) is 0 Å². The Kier molecular flexibility index (Phi) is 5.51. The van der Waals surface area contributed by atoms with Crippen LogP contribution in [0.1, 0.15) is 25.3 Å². The van der Waals surface area contributed by atoms with Gasteiger partial charge >= 0.3 is 0 Å². The minimum absolute atomic E-state index is 0.134. The molecule has 1 atom stereocenters. The van der Waals surface area contributed by atoms with Crippen molar-refractivity contribution in [1.29, 1.82) is 0 Å². The Bertz CT molecular complexity index is 830. The maximum Gasteiger partial charge on any atom is 0.254 e. The highest BCUT2D eigenvalue weighted by molar-refractivity contribution is 7.13. The van der Waals surface area contributed by atoms with Crippen molar-refractivity contribution in [3.8, 4) is 10.4 Å². The fourth-order valence-electron chi connectivity index (χ4n) is 3.77. The Morgan fingerprint density at radius 3 is 2.68 bits per heavy atom. The molecule has 1 saturated carbocycles. The van der Waals surface area contributed by atoms with E-state index in [-0.39, 0.29) is 17.7 Å². The average Bonchev–Trinajstić information content (AvgIpc) is 3.42. The van der Waals surface area contributed by atoms with Gasteiger partial charge in [0.05, 0.1) is 13.2 Å². The molecule has 2 heterocycles. The third kappa shape index (κ3) is 3.98. The number of carbonyl (C=O) groups excluding carboxylic acids is 2. The number of nitrogens with one attached hydrogen (secondary N) is 1. The number of likely N-dealkylation sites (N-methyl/N-ethyl adjacent to an activating group) is 1. The predicted molar refractivity (Wildman–Crippen MR) is 110 cm³/mol. The van der Waals surface area contributed by atoms with Gasteiger partial charge in [-0.15, -0.1) is 11.3 Å². The Balaban J connectivity index is 1.55. The molecule has 1 aromatic heterocycles. The molecule has 0 bridgehead atoms. The zero-order chi connectivity index (χ0) is 19.6. The van der Waals surface area contributed by atoms with Crippen molar-refractivity contribution in [3.05, 3.63) is 47.3 Å². The second-order valence-electron chi connectivity index (χ2n) is 7.59. The van der Waals surface area contributed by atoms with Crippen LogP contribution in [0.15, 0.2) is 41.8 Å². The van der Waals surface area contributed by atoms with Crippen molar-refractivity contribution in [1.82, 2.24) is 10.2 Å². The first-order valence-corrected chi connectivity index (χ1v) is 10.8. The maximum absolute atomic E-state index is 13.0. The van der Waals surface area contributed by atoms with Crippen molar-refractivity contribution >= 4 is 23.2 Å². The lowest BCUT2D eigenvalue weighted by Crippen LogP contribution is -2.62. The lowest BCUT2D eigenvalue weighted by atomic mass is 9.90. The first-order valence-electron chi connectivity index (χ1n) is 9.95. The SMILES string of the molecule is CCNC(=O)C1(Cc2ccc(-c3cccs3)cc2)CN(C(=O)C2CC2)CCO1. The Morgan fingerprint density at radius 1 is 1.25 bits per heavy atom. The standard InChI is InChI=1S/C22H26N2O3S/c1-2-23-21(26)22(15-24(11-12-27-22)20(25)18-9-10-18)14-16-5-7-17(8-6-16)19-4-3-13-28-19/h3-8,13,18H,2,9-12,14-15H2,1H3,(H,23,26). The molecule has 4 rings (SSSR count). The molecule has 148 valence electrons. The predicted octanol–water partition coefficient (Wildman–Crippen LogP) is 3.10. The summed E-state index contributed by atoms with van der Waals surface area (Å²) in [6, 6.07) is 12.4. The summed E-state index contributed by atoms with van der Waals surface area (Å²) in [5.41, 5.74) is 1.18. The van der Waals surface area contributed by atoms with E-state index in [9.17, 15) is 9.59 Å². The molecule has 0 radical (unpaired) electrons. The van der Waals surface area contributed by atoms with Gasteiger partial charge in [-0.3, -0.25) is 9.59 Å². The van der Waals surface area contributed by atoms with Crippen LogP contribution >= 0.6 is 11.3 Å². The first kappa shape index (κ1) is 19.2. The summed E-state index contributed by atoms with van der Waals surface area (Å²) in [7, 11) is 0. The van der Waals surface area contributed by atoms with Crippen LogP contribution < -0.4 is 5.32 Å². The van der Waals surface area contributed by atoms with E-state index in [0.29, 0.717) is 32.7 Å². The van der Waals surface area contributed by atoms with E-state index in [1.54, 1.807) is 11.3 Å². The van der Waals surface area contributed by atoms with Crippen molar-refractivity contribution in [3.63, 3.8) is 0 Å². The number of thiophene rings is 1. The summed E-state index contributed by atoms with van der Waals surface area (Å²) in [5, 5.41) is 4.98. The van der Waals surface area contributed by atoms with Crippen LogP contribution in [0.2, 0.25) is 0 Å². The number of benzene rings is 1. The number of nitrogens with zero attached hydrogens (tertiary/aromatic N) is 1. The van der Waals surface area contributed by atoms with Gasteiger partial charge < -0.3 is 15.0 Å². The van der Waals surface area contributed by atoms with E-state index in [0.717, 1.165) is 18.4 Å². The van der Waals surface area contributed by atoms with Crippen LogP contribution in [0.4, 0.5) is 0 Å². The fourth-order valence-corrected chi connectivity index (χ4v) is 4.50. The Morgan fingerprint density at radius 2 is 2.04 bits per heavy atom. The number of hydrogen-bond acceptors (Lipinski definition) is 4. The number of rotatable bonds is 6. The van der Waals surface area contributed by atoms with Gasteiger partial charge in [0.15, 0.2) is 5.60 Å². The minimum Gasteiger partial charge on any atom is -0.361 e. The summed E-state index contributed by atoms with van der Waals surface area (Å²) in [6.07, 6.45) is 2.39. The summed E-state index contributed by atoms with van der Waals surface area (Å²) >= 11 is 1.71. The molecule has 1 saturated heterocycles.